The van der Waals surface area contributed by atoms with Gasteiger partial charge in [0.2, 0.25) is 0 Å². The van der Waals surface area contributed by atoms with Gasteiger partial charge in [0.25, 0.3) is 10.0 Å². The van der Waals surface area contributed by atoms with Crippen LogP contribution in [0.5, 0.6) is 0 Å². The molecular weight excluding hydrogens is 340 g/mol. The molecule has 0 aliphatic carbocycles. The molecule has 0 unspecified atom stereocenters. The highest BCUT2D eigenvalue weighted by Crippen LogP contribution is 2.27. The Morgan fingerprint density at radius 1 is 1.44 bits per heavy atom. The number of halogens is 1. The van der Waals surface area contributed by atoms with Crippen molar-refractivity contribution in [2.75, 3.05) is 4.72 Å². The topological polar surface area (TPSA) is 79.3 Å². The molecule has 0 amide bonds. The Morgan fingerprint density at radius 3 is 2.89 bits per heavy atom. The first-order valence-electron chi connectivity index (χ1n) is 4.84. The highest BCUT2D eigenvalue weighted by Gasteiger charge is 2.20. The predicted octanol–water partition coefficient (Wildman–Crippen LogP) is 2.20. The van der Waals surface area contributed by atoms with E-state index in [-0.39, 0.29) is 11.5 Å². The Kier molecular flexibility index (Phi) is 4.00. The van der Waals surface area contributed by atoms with Crippen molar-refractivity contribution in [2.45, 2.75) is 11.5 Å². The number of hydrogen-bond acceptors (Lipinski definition) is 5. The van der Waals surface area contributed by atoms with Crippen LogP contribution in [0, 0.1) is 0 Å². The third-order valence-corrected chi connectivity index (χ3v) is 5.27. The highest BCUT2D eigenvalue weighted by atomic mass is 79.9. The molecule has 96 valence electrons. The maximum absolute atomic E-state index is 12.1. The number of sulfonamides is 1. The van der Waals surface area contributed by atoms with Crippen LogP contribution in [-0.4, -0.2) is 18.5 Å². The van der Waals surface area contributed by atoms with Gasteiger partial charge in [0.05, 0.1) is 21.6 Å². The Labute approximate surface area is 117 Å². The summed E-state index contributed by atoms with van der Waals surface area (Å²) in [7, 11) is -3.69. The standard InChI is InChI=1S/C10H9BrN2O3S2/c11-7-5-12-3-1-8(7)13-18(15,16)10-2-4-17-9(10)6-14/h1-5,14H,6H2,(H,12,13). The number of aliphatic hydroxyl groups excluding tert-OH is 1. The molecule has 0 aliphatic rings. The van der Waals surface area contributed by atoms with Crippen LogP contribution in [0.1, 0.15) is 4.88 Å². The molecule has 2 heterocycles. The monoisotopic (exact) mass is 348 g/mol. The van der Waals surface area contributed by atoms with Gasteiger partial charge in [-0.1, -0.05) is 0 Å². The van der Waals surface area contributed by atoms with Gasteiger partial charge in [-0.2, -0.15) is 0 Å². The molecule has 0 fully saturated rings. The highest BCUT2D eigenvalue weighted by molar-refractivity contribution is 9.10. The van der Waals surface area contributed by atoms with Crippen LogP contribution in [-0.2, 0) is 16.6 Å². The van der Waals surface area contributed by atoms with Gasteiger partial charge < -0.3 is 5.11 Å². The summed E-state index contributed by atoms with van der Waals surface area (Å²) in [5.74, 6) is 0. The maximum atomic E-state index is 12.1. The van der Waals surface area contributed by atoms with Gasteiger partial charge in [0, 0.05) is 12.4 Å². The zero-order valence-electron chi connectivity index (χ0n) is 9.00. The molecular formula is C10H9BrN2O3S2. The minimum absolute atomic E-state index is 0.0960. The van der Waals surface area contributed by atoms with Crippen LogP contribution in [0.15, 0.2) is 39.3 Å². The fourth-order valence-electron chi connectivity index (χ4n) is 1.34. The van der Waals surface area contributed by atoms with Crippen molar-refractivity contribution in [3.63, 3.8) is 0 Å². The van der Waals surface area contributed by atoms with Crippen molar-refractivity contribution in [2.24, 2.45) is 0 Å². The summed E-state index contributed by atoms with van der Waals surface area (Å²) in [6.07, 6.45) is 2.99. The van der Waals surface area contributed by atoms with Crippen LogP contribution in [0.3, 0.4) is 0 Å². The van der Waals surface area contributed by atoms with Crippen molar-refractivity contribution in [1.29, 1.82) is 0 Å². The van der Waals surface area contributed by atoms with E-state index in [4.69, 9.17) is 5.11 Å². The third kappa shape index (κ3) is 2.72. The minimum Gasteiger partial charge on any atom is -0.391 e. The first-order valence-corrected chi connectivity index (χ1v) is 8.00. The second-order valence-corrected chi connectivity index (χ2v) is 6.83. The maximum Gasteiger partial charge on any atom is 0.263 e. The van der Waals surface area contributed by atoms with E-state index < -0.39 is 10.0 Å². The van der Waals surface area contributed by atoms with Crippen molar-refractivity contribution in [1.82, 2.24) is 4.98 Å². The van der Waals surface area contributed by atoms with Gasteiger partial charge in [-0.3, -0.25) is 9.71 Å². The molecule has 0 aliphatic heterocycles. The third-order valence-electron chi connectivity index (χ3n) is 2.15. The van der Waals surface area contributed by atoms with Gasteiger partial charge in [0.1, 0.15) is 4.90 Å². The SMILES string of the molecule is O=S(=O)(Nc1ccncc1Br)c1ccsc1CO. The van der Waals surface area contributed by atoms with E-state index in [1.165, 1.54) is 29.8 Å². The molecule has 8 heteroatoms. The quantitative estimate of drug-likeness (QED) is 0.887. The van der Waals surface area contributed by atoms with Crippen molar-refractivity contribution in [3.05, 3.63) is 39.3 Å². The first-order chi connectivity index (χ1) is 8.54. The molecule has 2 N–H and O–H groups in total. The minimum atomic E-state index is -3.69. The number of pyridine rings is 1. The fourth-order valence-corrected chi connectivity index (χ4v) is 4.20. The molecule has 18 heavy (non-hydrogen) atoms. The van der Waals surface area contributed by atoms with Crippen molar-refractivity contribution >= 4 is 43.0 Å². The number of aliphatic hydroxyl groups is 1. The molecule has 0 aromatic carbocycles. The molecule has 2 aromatic rings. The first kappa shape index (κ1) is 13.5. The zero-order chi connectivity index (χ0) is 13.2. The number of hydrogen-bond donors (Lipinski definition) is 2. The number of thiophene rings is 1. The van der Waals surface area contributed by atoms with Crippen LogP contribution in [0.25, 0.3) is 0 Å². The molecule has 5 nitrogen and oxygen atoms in total. The van der Waals surface area contributed by atoms with Crippen molar-refractivity contribution in [3.8, 4) is 0 Å². The van der Waals surface area contributed by atoms with E-state index in [2.05, 4.69) is 25.6 Å². The summed E-state index contributed by atoms with van der Waals surface area (Å²) >= 11 is 4.41. The van der Waals surface area contributed by atoms with Crippen LogP contribution >= 0.6 is 27.3 Å². The Balaban J connectivity index is 2.37. The fraction of sp³-hybridized carbons (Fsp3) is 0.100. The molecule has 2 rings (SSSR count). The van der Waals surface area contributed by atoms with E-state index in [1.807, 2.05) is 0 Å². The van der Waals surface area contributed by atoms with Crippen LogP contribution in [0.4, 0.5) is 5.69 Å². The molecule has 0 atom stereocenters. The summed E-state index contributed by atoms with van der Waals surface area (Å²) in [4.78, 5) is 4.36. The normalized spacial score (nSPS) is 11.4. The lowest BCUT2D eigenvalue weighted by atomic mass is 10.4. The van der Waals surface area contributed by atoms with Gasteiger partial charge in [-0.05, 0) is 33.4 Å². The largest absolute Gasteiger partial charge is 0.391 e. The van der Waals surface area contributed by atoms with E-state index in [1.54, 1.807) is 11.4 Å². The molecule has 0 saturated heterocycles. The predicted molar refractivity (Wildman–Crippen MR) is 73.0 cm³/mol. The molecule has 0 saturated carbocycles. The van der Waals surface area contributed by atoms with E-state index in [0.717, 1.165) is 0 Å². The van der Waals surface area contributed by atoms with E-state index in [0.29, 0.717) is 15.0 Å². The van der Waals surface area contributed by atoms with Gasteiger partial charge in [0.15, 0.2) is 0 Å². The second-order valence-electron chi connectivity index (χ2n) is 3.33. The molecule has 2 aromatic heterocycles. The van der Waals surface area contributed by atoms with E-state index >= 15 is 0 Å². The number of anilines is 1. The Morgan fingerprint density at radius 2 is 2.22 bits per heavy atom. The number of aromatic nitrogens is 1. The second kappa shape index (κ2) is 5.35. The lowest BCUT2D eigenvalue weighted by Crippen LogP contribution is -2.14. The van der Waals surface area contributed by atoms with Gasteiger partial charge in [-0.25, -0.2) is 8.42 Å². The summed E-state index contributed by atoms with van der Waals surface area (Å²) in [6.45, 7) is -0.300. The Bertz CT molecular complexity index is 655. The molecule has 0 radical (unpaired) electrons. The number of nitrogens with one attached hydrogen (secondary N) is 1. The summed E-state index contributed by atoms with van der Waals surface area (Å²) in [6, 6.07) is 3.01. The van der Waals surface area contributed by atoms with Crippen molar-refractivity contribution < 1.29 is 13.5 Å². The summed E-state index contributed by atoms with van der Waals surface area (Å²) in [5, 5.41) is 10.7. The lowest BCUT2D eigenvalue weighted by Gasteiger charge is -2.09. The molecule has 0 spiro atoms. The van der Waals surface area contributed by atoms with Gasteiger partial charge in [-0.15, -0.1) is 11.3 Å². The molecule has 0 bridgehead atoms. The summed E-state index contributed by atoms with van der Waals surface area (Å²) in [5.41, 5.74) is 0.403. The summed E-state index contributed by atoms with van der Waals surface area (Å²) < 4.78 is 27.3. The smallest absolute Gasteiger partial charge is 0.263 e. The number of rotatable bonds is 4. The lowest BCUT2D eigenvalue weighted by molar-refractivity contribution is 0.282. The Hall–Kier alpha value is -0.960. The van der Waals surface area contributed by atoms with E-state index in [9.17, 15) is 8.42 Å². The van der Waals surface area contributed by atoms with Crippen LogP contribution < -0.4 is 4.72 Å². The average molecular weight is 349 g/mol. The average Bonchev–Trinajstić information content (AvgIpc) is 2.81. The zero-order valence-corrected chi connectivity index (χ0v) is 12.2. The van der Waals surface area contributed by atoms with Crippen LogP contribution in [0.2, 0.25) is 0 Å². The van der Waals surface area contributed by atoms with Gasteiger partial charge >= 0.3 is 0 Å². The number of nitrogens with zero attached hydrogens (tertiary/aromatic N) is 1.